The molecule has 1 aromatic rings. The molecule has 0 radical (unpaired) electrons. The van der Waals surface area contributed by atoms with Crippen LogP contribution in [0.4, 0.5) is 8.78 Å². The molecular weight excluding hydrogens is 164 g/mol. The van der Waals surface area contributed by atoms with Crippen molar-refractivity contribution in [3.05, 3.63) is 35.9 Å². The van der Waals surface area contributed by atoms with E-state index in [0.717, 1.165) is 12.1 Å². The minimum absolute atomic E-state index is 0.333. The van der Waals surface area contributed by atoms with Gasteiger partial charge in [-0.2, -0.15) is 0 Å². The Morgan fingerprint density at radius 3 is 1.67 bits per heavy atom. The van der Waals surface area contributed by atoms with Crippen LogP contribution in [0.25, 0.3) is 0 Å². The van der Waals surface area contributed by atoms with Crippen LogP contribution in [-0.4, -0.2) is 5.91 Å². The molecule has 1 rings (SSSR count). The van der Waals surface area contributed by atoms with E-state index in [1.807, 2.05) is 0 Å². The molecule has 0 aromatic heterocycles. The standard InChI is InChI=1S/C6H4F2.C2H5NO/c7-5-3-1-2-4-6(5)8;1-2(3)4/h1-4H;1H3,(H2,3,4). The van der Waals surface area contributed by atoms with Crippen LogP contribution in [0.1, 0.15) is 6.92 Å². The van der Waals surface area contributed by atoms with Crippen LogP contribution in [0.15, 0.2) is 24.3 Å². The van der Waals surface area contributed by atoms with Crippen molar-refractivity contribution in [3.63, 3.8) is 0 Å². The molecule has 66 valence electrons. The average Bonchev–Trinajstić information content (AvgIpc) is 1.94. The van der Waals surface area contributed by atoms with Crippen molar-refractivity contribution in [3.8, 4) is 0 Å². The van der Waals surface area contributed by atoms with Crippen molar-refractivity contribution in [2.75, 3.05) is 0 Å². The average molecular weight is 173 g/mol. The summed E-state index contributed by atoms with van der Waals surface area (Å²) in [6.07, 6.45) is 0. The van der Waals surface area contributed by atoms with Gasteiger partial charge in [0.15, 0.2) is 11.6 Å². The first-order valence-electron chi connectivity index (χ1n) is 3.20. The molecule has 0 saturated carbocycles. The summed E-state index contributed by atoms with van der Waals surface area (Å²) in [7, 11) is 0. The van der Waals surface area contributed by atoms with Crippen LogP contribution in [0.3, 0.4) is 0 Å². The molecule has 2 nitrogen and oxygen atoms in total. The van der Waals surface area contributed by atoms with Gasteiger partial charge in [-0.1, -0.05) is 12.1 Å². The van der Waals surface area contributed by atoms with Crippen molar-refractivity contribution < 1.29 is 13.6 Å². The van der Waals surface area contributed by atoms with E-state index in [2.05, 4.69) is 5.73 Å². The highest BCUT2D eigenvalue weighted by atomic mass is 19.2. The van der Waals surface area contributed by atoms with E-state index in [1.165, 1.54) is 19.1 Å². The molecule has 0 spiro atoms. The highest BCUT2D eigenvalue weighted by Crippen LogP contribution is 2.01. The fourth-order valence-corrected chi connectivity index (χ4v) is 0.439. The maximum absolute atomic E-state index is 11.9. The monoisotopic (exact) mass is 173 g/mol. The molecule has 0 aliphatic carbocycles. The number of nitrogens with two attached hydrogens (primary N) is 1. The van der Waals surface area contributed by atoms with Gasteiger partial charge in [0.1, 0.15) is 0 Å². The van der Waals surface area contributed by atoms with Crippen LogP contribution in [-0.2, 0) is 4.79 Å². The molecule has 0 saturated heterocycles. The smallest absolute Gasteiger partial charge is 0.214 e. The summed E-state index contributed by atoms with van der Waals surface area (Å²) in [5.41, 5.74) is 4.47. The first-order chi connectivity index (χ1) is 5.54. The topological polar surface area (TPSA) is 43.1 Å². The van der Waals surface area contributed by atoms with Crippen LogP contribution >= 0.6 is 0 Å². The highest BCUT2D eigenvalue weighted by Gasteiger charge is 1.93. The van der Waals surface area contributed by atoms with Gasteiger partial charge in [0.2, 0.25) is 5.91 Å². The van der Waals surface area contributed by atoms with Gasteiger partial charge in [-0.15, -0.1) is 0 Å². The molecule has 2 N–H and O–H groups in total. The van der Waals surface area contributed by atoms with Gasteiger partial charge in [0, 0.05) is 6.92 Å². The molecule has 0 aliphatic heterocycles. The third kappa shape index (κ3) is 5.34. The Bertz CT molecular complexity index is 238. The van der Waals surface area contributed by atoms with Gasteiger partial charge >= 0.3 is 0 Å². The van der Waals surface area contributed by atoms with E-state index in [-0.39, 0.29) is 5.91 Å². The lowest BCUT2D eigenvalue weighted by molar-refractivity contribution is -0.115. The second-order valence-corrected chi connectivity index (χ2v) is 2.02. The van der Waals surface area contributed by atoms with Crippen LogP contribution in [0, 0.1) is 11.6 Å². The van der Waals surface area contributed by atoms with Crippen LogP contribution in [0.5, 0.6) is 0 Å². The first kappa shape index (κ1) is 10.6. The molecule has 1 aromatic carbocycles. The fourth-order valence-electron chi connectivity index (χ4n) is 0.439. The summed E-state index contributed by atoms with van der Waals surface area (Å²) < 4.78 is 23.9. The lowest BCUT2D eigenvalue weighted by Crippen LogP contribution is -2.01. The van der Waals surface area contributed by atoms with E-state index in [4.69, 9.17) is 0 Å². The predicted octanol–water partition coefficient (Wildman–Crippen LogP) is 1.46. The molecule has 4 heteroatoms. The third-order valence-electron chi connectivity index (χ3n) is 0.824. The quantitative estimate of drug-likeness (QED) is 0.634. The Hall–Kier alpha value is -1.45. The summed E-state index contributed by atoms with van der Waals surface area (Å²) in [4.78, 5) is 9.22. The molecule has 0 bridgehead atoms. The van der Waals surface area contributed by atoms with Gasteiger partial charge in [0.05, 0.1) is 0 Å². The van der Waals surface area contributed by atoms with E-state index in [9.17, 15) is 13.6 Å². The minimum Gasteiger partial charge on any atom is -0.370 e. The molecule has 0 aliphatic rings. The first-order valence-corrected chi connectivity index (χ1v) is 3.20. The molecule has 12 heavy (non-hydrogen) atoms. The van der Waals surface area contributed by atoms with Crippen LogP contribution in [0.2, 0.25) is 0 Å². The predicted molar refractivity (Wildman–Crippen MR) is 41.2 cm³/mol. The largest absolute Gasteiger partial charge is 0.370 e. The molecular formula is C8H9F2NO. The highest BCUT2D eigenvalue weighted by molar-refractivity contribution is 5.70. The summed E-state index contributed by atoms with van der Waals surface area (Å²) in [5, 5.41) is 0. The van der Waals surface area contributed by atoms with Crippen molar-refractivity contribution in [2.24, 2.45) is 5.73 Å². The lowest BCUT2D eigenvalue weighted by Gasteiger charge is -1.85. The number of halogens is 2. The second kappa shape index (κ2) is 5.23. The number of rotatable bonds is 0. The zero-order valence-corrected chi connectivity index (χ0v) is 6.55. The van der Waals surface area contributed by atoms with Crippen molar-refractivity contribution in [1.82, 2.24) is 0 Å². The number of hydrogen-bond acceptors (Lipinski definition) is 1. The SMILES string of the molecule is CC(N)=O.Fc1ccccc1F. The van der Waals surface area contributed by atoms with Crippen LogP contribution < -0.4 is 5.73 Å². The zero-order valence-electron chi connectivity index (χ0n) is 6.55. The van der Waals surface area contributed by atoms with E-state index in [0.29, 0.717) is 0 Å². The third-order valence-corrected chi connectivity index (χ3v) is 0.824. The van der Waals surface area contributed by atoms with E-state index >= 15 is 0 Å². The summed E-state index contributed by atoms with van der Waals surface area (Å²) in [6.45, 7) is 1.31. The number of benzene rings is 1. The Morgan fingerprint density at radius 2 is 1.50 bits per heavy atom. The summed E-state index contributed by atoms with van der Waals surface area (Å²) >= 11 is 0. The number of primary amides is 1. The number of carbonyl (C=O) groups excluding carboxylic acids is 1. The number of carbonyl (C=O) groups is 1. The summed E-state index contributed by atoms with van der Waals surface area (Å²) in [5.74, 6) is -1.93. The maximum atomic E-state index is 11.9. The number of hydrogen-bond donors (Lipinski definition) is 1. The summed E-state index contributed by atoms with van der Waals surface area (Å²) in [6, 6.07) is 5.04. The van der Waals surface area contributed by atoms with Crippen molar-refractivity contribution in [2.45, 2.75) is 6.92 Å². The normalized spacial score (nSPS) is 8.25. The zero-order chi connectivity index (χ0) is 9.56. The van der Waals surface area contributed by atoms with Crippen molar-refractivity contribution in [1.29, 1.82) is 0 Å². The molecule has 0 heterocycles. The number of amides is 1. The van der Waals surface area contributed by atoms with Gasteiger partial charge in [-0.3, -0.25) is 4.79 Å². The lowest BCUT2D eigenvalue weighted by atomic mass is 10.3. The molecule has 0 atom stereocenters. The molecule has 0 fully saturated rings. The van der Waals surface area contributed by atoms with Gasteiger partial charge < -0.3 is 5.73 Å². The Morgan fingerprint density at radius 1 is 1.25 bits per heavy atom. The molecule has 1 amide bonds. The second-order valence-electron chi connectivity index (χ2n) is 2.02. The van der Waals surface area contributed by atoms with E-state index in [1.54, 1.807) is 0 Å². The van der Waals surface area contributed by atoms with E-state index < -0.39 is 11.6 Å². The Balaban J connectivity index is 0.000000261. The minimum atomic E-state index is -0.799. The van der Waals surface area contributed by atoms with Crippen molar-refractivity contribution >= 4 is 5.91 Å². The van der Waals surface area contributed by atoms with Gasteiger partial charge in [-0.25, -0.2) is 8.78 Å². The Labute approximate surface area is 69.0 Å². The molecule has 0 unspecified atom stereocenters. The maximum Gasteiger partial charge on any atom is 0.214 e. The van der Waals surface area contributed by atoms with Gasteiger partial charge in [-0.05, 0) is 12.1 Å². The fraction of sp³-hybridized carbons (Fsp3) is 0.125. The Kier molecular flexibility index (Phi) is 4.60. The van der Waals surface area contributed by atoms with Gasteiger partial charge in [0.25, 0.3) is 0 Å².